The van der Waals surface area contributed by atoms with E-state index in [-0.39, 0.29) is 5.69 Å². The van der Waals surface area contributed by atoms with Crippen molar-refractivity contribution in [2.24, 2.45) is 0 Å². The Balaban J connectivity index is 2.04. The van der Waals surface area contributed by atoms with Crippen molar-refractivity contribution in [2.75, 3.05) is 0 Å². The maximum atomic E-state index is 10.8. The number of rotatable bonds is 5. The topological polar surface area (TPSA) is 94.1 Å². The molecular formula is C17H12Cl2N4O3. The number of hydrogen-bond donors (Lipinski definition) is 1. The number of aliphatic hydroxyl groups is 1. The molecule has 0 saturated heterocycles. The molecule has 132 valence electrons. The summed E-state index contributed by atoms with van der Waals surface area (Å²) in [6.45, 7) is 0. The summed E-state index contributed by atoms with van der Waals surface area (Å²) in [6, 6.07) is 10.7. The molecule has 7 nitrogen and oxygen atoms in total. The molecule has 26 heavy (non-hydrogen) atoms. The largest absolute Gasteiger partial charge is 0.382 e. The second-order valence-electron chi connectivity index (χ2n) is 5.33. The summed E-state index contributed by atoms with van der Waals surface area (Å²) in [5.41, 5.74) is 1.44. The van der Waals surface area contributed by atoms with E-state index in [0.717, 1.165) is 0 Å². The molecule has 0 amide bonds. The van der Waals surface area contributed by atoms with Gasteiger partial charge in [0.2, 0.25) is 0 Å². The van der Waals surface area contributed by atoms with Crippen LogP contribution in [-0.2, 0) is 0 Å². The van der Waals surface area contributed by atoms with E-state index in [2.05, 4.69) is 10.1 Å². The number of non-ortho nitro benzene ring substituents is 1. The molecule has 1 atom stereocenters. The Morgan fingerprint density at radius 2 is 1.96 bits per heavy atom. The molecule has 2 aromatic carbocycles. The molecule has 3 aromatic rings. The number of hydrogen-bond acceptors (Lipinski definition) is 5. The lowest BCUT2D eigenvalue weighted by atomic mass is 10.0. The Labute approximate surface area is 158 Å². The monoisotopic (exact) mass is 390 g/mol. The molecule has 1 aromatic heterocycles. The highest BCUT2D eigenvalue weighted by Crippen LogP contribution is 2.33. The normalized spacial score (nSPS) is 12.8. The summed E-state index contributed by atoms with van der Waals surface area (Å²) in [6.07, 6.45) is 3.30. The van der Waals surface area contributed by atoms with Crippen LogP contribution < -0.4 is 0 Å². The SMILES string of the molecule is O=[N+]([O-])c1ccc(/C=C(/[C@H](O)c2ccc(Cl)cc2Cl)n2cncn2)cc1. The second-order valence-corrected chi connectivity index (χ2v) is 6.17. The van der Waals surface area contributed by atoms with Gasteiger partial charge in [-0.05, 0) is 35.9 Å². The van der Waals surface area contributed by atoms with Gasteiger partial charge in [0.25, 0.3) is 5.69 Å². The van der Waals surface area contributed by atoms with E-state index < -0.39 is 11.0 Å². The van der Waals surface area contributed by atoms with E-state index >= 15 is 0 Å². The molecule has 0 aliphatic carbocycles. The molecule has 1 N–H and O–H groups in total. The predicted octanol–water partition coefficient (Wildman–Crippen LogP) is 4.22. The Morgan fingerprint density at radius 3 is 2.54 bits per heavy atom. The van der Waals surface area contributed by atoms with Crippen LogP contribution in [0.5, 0.6) is 0 Å². The fourth-order valence-corrected chi connectivity index (χ4v) is 2.87. The molecule has 0 saturated carbocycles. The highest BCUT2D eigenvalue weighted by molar-refractivity contribution is 6.35. The van der Waals surface area contributed by atoms with Gasteiger partial charge >= 0.3 is 0 Å². The van der Waals surface area contributed by atoms with Crippen molar-refractivity contribution in [3.8, 4) is 0 Å². The van der Waals surface area contributed by atoms with Crippen molar-refractivity contribution >= 4 is 40.7 Å². The standard InChI is InChI=1S/C17H12Cl2N4O3/c18-12-3-6-14(15(19)8-12)17(24)16(22-10-20-9-21-22)7-11-1-4-13(5-2-11)23(25)26/h1-10,17,24H/b16-7-/t17-/m1/s1. The molecule has 0 aliphatic rings. The molecule has 9 heteroatoms. The third-order valence-corrected chi connectivity index (χ3v) is 4.20. The van der Waals surface area contributed by atoms with E-state index in [1.54, 1.807) is 30.3 Å². The van der Waals surface area contributed by atoms with Gasteiger partial charge in [-0.3, -0.25) is 10.1 Å². The van der Waals surface area contributed by atoms with Crippen molar-refractivity contribution in [1.82, 2.24) is 14.8 Å². The first-order chi connectivity index (χ1) is 12.5. The van der Waals surface area contributed by atoms with Crippen LogP contribution in [0.4, 0.5) is 5.69 Å². The molecule has 0 aliphatic heterocycles. The van der Waals surface area contributed by atoms with Crippen LogP contribution in [0, 0.1) is 10.1 Å². The lowest BCUT2D eigenvalue weighted by molar-refractivity contribution is -0.384. The highest BCUT2D eigenvalue weighted by Gasteiger charge is 2.19. The second kappa shape index (κ2) is 7.65. The lowest BCUT2D eigenvalue weighted by Crippen LogP contribution is -2.09. The van der Waals surface area contributed by atoms with Gasteiger partial charge in [-0.2, -0.15) is 5.10 Å². The average molecular weight is 391 g/mol. The van der Waals surface area contributed by atoms with Crippen LogP contribution in [0.15, 0.2) is 55.1 Å². The van der Waals surface area contributed by atoms with Crippen LogP contribution in [0.3, 0.4) is 0 Å². The minimum absolute atomic E-state index is 0.0225. The number of benzene rings is 2. The summed E-state index contributed by atoms with van der Waals surface area (Å²) >= 11 is 12.1. The first kappa shape index (κ1) is 18.1. The van der Waals surface area contributed by atoms with E-state index in [4.69, 9.17) is 23.2 Å². The van der Waals surface area contributed by atoms with E-state index in [1.807, 2.05) is 0 Å². The van der Waals surface area contributed by atoms with Gasteiger partial charge in [-0.25, -0.2) is 9.67 Å². The smallest absolute Gasteiger partial charge is 0.269 e. The Morgan fingerprint density at radius 1 is 1.23 bits per heavy atom. The van der Waals surface area contributed by atoms with Gasteiger partial charge in [0.1, 0.15) is 18.8 Å². The minimum atomic E-state index is -1.11. The van der Waals surface area contributed by atoms with E-state index in [1.165, 1.54) is 35.5 Å². The third kappa shape index (κ3) is 3.91. The third-order valence-electron chi connectivity index (χ3n) is 3.64. The van der Waals surface area contributed by atoms with Crippen LogP contribution in [0.25, 0.3) is 11.8 Å². The maximum absolute atomic E-state index is 10.8. The fourth-order valence-electron chi connectivity index (χ4n) is 2.36. The van der Waals surface area contributed by atoms with Crippen LogP contribution >= 0.6 is 23.2 Å². The zero-order valence-corrected chi connectivity index (χ0v) is 14.7. The fraction of sp³-hybridized carbons (Fsp3) is 0.0588. The molecule has 0 fully saturated rings. The number of halogens is 2. The minimum Gasteiger partial charge on any atom is -0.382 e. The zero-order chi connectivity index (χ0) is 18.7. The summed E-state index contributed by atoms with van der Waals surface area (Å²) < 4.78 is 1.40. The van der Waals surface area contributed by atoms with Gasteiger partial charge in [0.15, 0.2) is 0 Å². The van der Waals surface area contributed by atoms with Gasteiger partial charge in [-0.1, -0.05) is 29.3 Å². The van der Waals surface area contributed by atoms with E-state index in [0.29, 0.717) is 26.9 Å². The molecule has 1 heterocycles. The summed E-state index contributed by atoms with van der Waals surface area (Å²) in [5, 5.41) is 26.4. The number of aromatic nitrogens is 3. The average Bonchev–Trinajstić information content (AvgIpc) is 3.14. The van der Waals surface area contributed by atoms with Crippen LogP contribution in [-0.4, -0.2) is 24.8 Å². The summed E-state index contributed by atoms with van der Waals surface area (Å²) in [4.78, 5) is 14.2. The molecular weight excluding hydrogens is 379 g/mol. The highest BCUT2D eigenvalue weighted by atomic mass is 35.5. The Kier molecular flexibility index (Phi) is 5.32. The van der Waals surface area contributed by atoms with Crippen molar-refractivity contribution in [1.29, 1.82) is 0 Å². The quantitative estimate of drug-likeness (QED) is 0.519. The Hall–Kier alpha value is -2.74. The van der Waals surface area contributed by atoms with E-state index in [9.17, 15) is 15.2 Å². The van der Waals surface area contributed by atoms with Gasteiger partial charge in [-0.15, -0.1) is 0 Å². The number of nitro groups is 1. The van der Waals surface area contributed by atoms with Crippen molar-refractivity contribution in [2.45, 2.75) is 6.10 Å². The number of nitrogens with zero attached hydrogens (tertiary/aromatic N) is 4. The molecule has 0 spiro atoms. The summed E-state index contributed by atoms with van der Waals surface area (Å²) in [7, 11) is 0. The predicted molar refractivity (Wildman–Crippen MR) is 98.7 cm³/mol. The number of aliphatic hydroxyl groups excluding tert-OH is 1. The molecule has 0 unspecified atom stereocenters. The van der Waals surface area contributed by atoms with Gasteiger partial charge in [0.05, 0.1) is 10.6 Å². The molecule has 3 rings (SSSR count). The maximum Gasteiger partial charge on any atom is 0.269 e. The lowest BCUT2D eigenvalue weighted by Gasteiger charge is -2.17. The first-order valence-electron chi connectivity index (χ1n) is 7.40. The number of nitro benzene ring substituents is 1. The summed E-state index contributed by atoms with van der Waals surface area (Å²) in [5.74, 6) is 0. The van der Waals surface area contributed by atoms with Gasteiger partial charge in [0, 0.05) is 27.7 Å². The van der Waals surface area contributed by atoms with Gasteiger partial charge < -0.3 is 5.11 Å². The van der Waals surface area contributed by atoms with Crippen molar-refractivity contribution < 1.29 is 10.0 Å². The van der Waals surface area contributed by atoms with Crippen molar-refractivity contribution in [3.63, 3.8) is 0 Å². The zero-order valence-electron chi connectivity index (χ0n) is 13.2. The molecule has 0 radical (unpaired) electrons. The Bertz CT molecular complexity index is 957. The van der Waals surface area contributed by atoms with Crippen molar-refractivity contribution in [3.05, 3.63) is 86.4 Å². The first-order valence-corrected chi connectivity index (χ1v) is 8.15. The molecule has 0 bridgehead atoms. The van der Waals surface area contributed by atoms with Crippen LogP contribution in [0.1, 0.15) is 17.2 Å². The van der Waals surface area contributed by atoms with Crippen LogP contribution in [0.2, 0.25) is 10.0 Å².